The standard InChI is InChI=1S/C17H21NO3/c1-11-6-15-13(9-18-10-14-4-3-5-20-14)8-17(19)21-16(15)7-12(11)2/h6-8,14,18H,3-5,9-10H2,1-2H3/t14-/m1/s1. The van der Waals surface area contributed by atoms with E-state index in [1.807, 2.05) is 13.0 Å². The van der Waals surface area contributed by atoms with Gasteiger partial charge in [0.05, 0.1) is 6.10 Å². The lowest BCUT2D eigenvalue weighted by Gasteiger charge is -2.12. The maximum absolute atomic E-state index is 11.7. The lowest BCUT2D eigenvalue weighted by Crippen LogP contribution is -2.26. The largest absolute Gasteiger partial charge is 0.423 e. The van der Waals surface area contributed by atoms with Gasteiger partial charge in [0.1, 0.15) is 5.58 Å². The van der Waals surface area contributed by atoms with Crippen LogP contribution in [0, 0.1) is 13.8 Å². The summed E-state index contributed by atoms with van der Waals surface area (Å²) < 4.78 is 10.9. The van der Waals surface area contributed by atoms with E-state index in [0.29, 0.717) is 18.2 Å². The molecule has 0 saturated carbocycles. The summed E-state index contributed by atoms with van der Waals surface area (Å²) in [6.07, 6.45) is 2.56. The number of aryl methyl sites for hydroxylation is 2. The summed E-state index contributed by atoms with van der Waals surface area (Å²) in [5, 5.41) is 4.40. The van der Waals surface area contributed by atoms with Crippen molar-refractivity contribution in [2.24, 2.45) is 0 Å². The second kappa shape index (κ2) is 6.00. The Morgan fingerprint density at radius 2 is 2.05 bits per heavy atom. The van der Waals surface area contributed by atoms with Gasteiger partial charge in [-0.3, -0.25) is 0 Å². The normalized spacial score (nSPS) is 18.5. The second-order valence-corrected chi connectivity index (χ2v) is 5.79. The monoisotopic (exact) mass is 287 g/mol. The summed E-state index contributed by atoms with van der Waals surface area (Å²) in [7, 11) is 0. The Balaban J connectivity index is 1.83. The van der Waals surface area contributed by atoms with Gasteiger partial charge in [-0.2, -0.15) is 0 Å². The van der Waals surface area contributed by atoms with Crippen molar-refractivity contribution in [1.82, 2.24) is 5.32 Å². The Morgan fingerprint density at radius 3 is 2.81 bits per heavy atom. The summed E-state index contributed by atoms with van der Waals surface area (Å²) in [6.45, 7) is 6.44. The maximum atomic E-state index is 11.7. The first kappa shape index (κ1) is 14.3. The summed E-state index contributed by atoms with van der Waals surface area (Å²) in [6, 6.07) is 5.62. The molecule has 4 heteroatoms. The third-order valence-corrected chi connectivity index (χ3v) is 4.16. The van der Waals surface area contributed by atoms with Gasteiger partial charge >= 0.3 is 5.63 Å². The predicted octanol–water partition coefficient (Wildman–Crippen LogP) is 2.68. The minimum Gasteiger partial charge on any atom is -0.423 e. The fraction of sp³-hybridized carbons (Fsp3) is 0.471. The molecule has 1 aliphatic heterocycles. The highest BCUT2D eigenvalue weighted by molar-refractivity contribution is 5.81. The van der Waals surface area contributed by atoms with E-state index in [1.165, 1.54) is 5.56 Å². The Labute approximate surface area is 124 Å². The molecule has 112 valence electrons. The van der Waals surface area contributed by atoms with E-state index in [0.717, 1.165) is 42.5 Å². The molecule has 1 aliphatic rings. The van der Waals surface area contributed by atoms with Crippen LogP contribution < -0.4 is 10.9 Å². The molecule has 0 amide bonds. The number of benzene rings is 1. The molecular formula is C17H21NO3. The van der Waals surface area contributed by atoms with Gasteiger partial charge in [0.15, 0.2) is 0 Å². The van der Waals surface area contributed by atoms with E-state index >= 15 is 0 Å². The van der Waals surface area contributed by atoms with Crippen molar-refractivity contribution in [3.8, 4) is 0 Å². The van der Waals surface area contributed by atoms with Crippen molar-refractivity contribution in [2.45, 2.75) is 39.3 Å². The van der Waals surface area contributed by atoms with Crippen molar-refractivity contribution in [2.75, 3.05) is 13.2 Å². The molecule has 0 bridgehead atoms. The summed E-state index contributed by atoms with van der Waals surface area (Å²) >= 11 is 0. The first-order valence-electron chi connectivity index (χ1n) is 7.50. The number of fused-ring (bicyclic) bond motifs is 1. The first-order valence-corrected chi connectivity index (χ1v) is 7.50. The van der Waals surface area contributed by atoms with Crippen molar-refractivity contribution < 1.29 is 9.15 Å². The van der Waals surface area contributed by atoms with Crippen molar-refractivity contribution >= 4 is 11.0 Å². The van der Waals surface area contributed by atoms with Crippen molar-refractivity contribution in [3.63, 3.8) is 0 Å². The molecule has 1 N–H and O–H groups in total. The number of hydrogen-bond acceptors (Lipinski definition) is 4. The molecule has 1 atom stereocenters. The Hall–Kier alpha value is -1.65. The van der Waals surface area contributed by atoms with E-state index in [2.05, 4.69) is 18.3 Å². The topological polar surface area (TPSA) is 51.5 Å². The maximum Gasteiger partial charge on any atom is 0.336 e. The molecular weight excluding hydrogens is 266 g/mol. The van der Waals surface area contributed by atoms with Crippen LogP contribution in [0.25, 0.3) is 11.0 Å². The molecule has 3 rings (SSSR count). The molecule has 2 heterocycles. The minimum atomic E-state index is -0.292. The Kier molecular flexibility index (Phi) is 4.08. The molecule has 0 unspecified atom stereocenters. The molecule has 1 saturated heterocycles. The lowest BCUT2D eigenvalue weighted by molar-refractivity contribution is 0.110. The van der Waals surface area contributed by atoms with Gasteiger partial charge in [0.2, 0.25) is 0 Å². The van der Waals surface area contributed by atoms with Gasteiger partial charge < -0.3 is 14.5 Å². The number of nitrogens with one attached hydrogen (secondary N) is 1. The molecule has 1 aromatic carbocycles. The van der Waals surface area contributed by atoms with Crippen LogP contribution in [0.1, 0.15) is 29.5 Å². The molecule has 1 fully saturated rings. The SMILES string of the molecule is Cc1cc2oc(=O)cc(CNC[C@H]3CCCO3)c2cc1C. The number of hydrogen-bond donors (Lipinski definition) is 1. The van der Waals surface area contributed by atoms with Crippen LogP contribution in [0.5, 0.6) is 0 Å². The lowest BCUT2D eigenvalue weighted by atomic mass is 10.0. The summed E-state index contributed by atoms with van der Waals surface area (Å²) in [4.78, 5) is 11.7. The molecule has 4 nitrogen and oxygen atoms in total. The molecule has 0 radical (unpaired) electrons. The average molecular weight is 287 g/mol. The zero-order valence-electron chi connectivity index (χ0n) is 12.6. The fourth-order valence-corrected chi connectivity index (χ4v) is 2.80. The van der Waals surface area contributed by atoms with Crippen LogP contribution in [0.2, 0.25) is 0 Å². The van der Waals surface area contributed by atoms with Crippen molar-refractivity contribution in [1.29, 1.82) is 0 Å². The first-order chi connectivity index (χ1) is 10.1. The van der Waals surface area contributed by atoms with Gasteiger partial charge in [-0.15, -0.1) is 0 Å². The highest BCUT2D eigenvalue weighted by Crippen LogP contribution is 2.21. The van der Waals surface area contributed by atoms with Crippen LogP contribution in [0.4, 0.5) is 0 Å². The molecule has 1 aromatic heterocycles. The van der Waals surface area contributed by atoms with Gasteiger partial charge in [-0.05, 0) is 55.5 Å². The van der Waals surface area contributed by atoms with E-state index in [1.54, 1.807) is 6.07 Å². The zero-order chi connectivity index (χ0) is 14.8. The molecule has 0 spiro atoms. The van der Waals surface area contributed by atoms with E-state index in [9.17, 15) is 4.79 Å². The predicted molar refractivity (Wildman–Crippen MR) is 82.6 cm³/mol. The molecule has 2 aromatic rings. The average Bonchev–Trinajstić information content (AvgIpc) is 2.94. The molecule has 0 aliphatic carbocycles. The summed E-state index contributed by atoms with van der Waals surface area (Å²) in [5.41, 5.74) is 3.70. The van der Waals surface area contributed by atoms with E-state index in [-0.39, 0.29) is 5.63 Å². The number of ether oxygens (including phenoxy) is 1. The number of rotatable bonds is 4. The fourth-order valence-electron chi connectivity index (χ4n) is 2.80. The van der Waals surface area contributed by atoms with E-state index in [4.69, 9.17) is 9.15 Å². The Bertz CT molecular complexity index is 699. The van der Waals surface area contributed by atoms with E-state index < -0.39 is 0 Å². The highest BCUT2D eigenvalue weighted by Gasteiger charge is 2.15. The third-order valence-electron chi connectivity index (χ3n) is 4.16. The summed E-state index contributed by atoms with van der Waals surface area (Å²) in [5.74, 6) is 0. The third kappa shape index (κ3) is 3.17. The molecule has 21 heavy (non-hydrogen) atoms. The van der Waals surface area contributed by atoms with Crippen LogP contribution in [-0.4, -0.2) is 19.3 Å². The van der Waals surface area contributed by atoms with Crippen LogP contribution in [0.3, 0.4) is 0 Å². The van der Waals surface area contributed by atoms with Gasteiger partial charge in [-0.25, -0.2) is 4.79 Å². The smallest absolute Gasteiger partial charge is 0.336 e. The van der Waals surface area contributed by atoms with Crippen LogP contribution in [0.15, 0.2) is 27.4 Å². The highest BCUT2D eigenvalue weighted by atomic mass is 16.5. The zero-order valence-corrected chi connectivity index (χ0v) is 12.6. The van der Waals surface area contributed by atoms with Gasteiger partial charge in [0.25, 0.3) is 0 Å². The Morgan fingerprint density at radius 1 is 1.24 bits per heavy atom. The second-order valence-electron chi connectivity index (χ2n) is 5.79. The van der Waals surface area contributed by atoms with Crippen LogP contribution in [-0.2, 0) is 11.3 Å². The van der Waals surface area contributed by atoms with Gasteiger partial charge in [0, 0.05) is 31.1 Å². The van der Waals surface area contributed by atoms with Crippen molar-refractivity contribution in [3.05, 3.63) is 45.3 Å². The quantitative estimate of drug-likeness (QED) is 0.878. The minimum absolute atomic E-state index is 0.292. The van der Waals surface area contributed by atoms with Gasteiger partial charge in [-0.1, -0.05) is 0 Å². The van der Waals surface area contributed by atoms with Crippen LogP contribution >= 0.6 is 0 Å².